The number of allylic oxidation sites excluding steroid dienone is 4. The molecular weight excluding hydrogens is 131 g/mol. The van der Waals surface area contributed by atoms with Crippen LogP contribution in [0.3, 0.4) is 0 Å². The maximum Gasteiger partial charge on any atom is 0.492 e. The minimum Gasteiger partial charge on any atom is -0.423 e. The zero-order valence-corrected chi connectivity index (χ0v) is 5.32. The SMILES string of the molecule is O=C1CC=CC=C1B(O)O. The zero-order chi connectivity index (χ0) is 7.56. The largest absolute Gasteiger partial charge is 0.492 e. The molecule has 1 aliphatic rings. The van der Waals surface area contributed by atoms with Gasteiger partial charge < -0.3 is 10.0 Å². The first-order chi connectivity index (χ1) is 4.72. The molecule has 0 heterocycles. The molecule has 0 unspecified atom stereocenters. The molecule has 0 aromatic rings. The lowest BCUT2D eigenvalue weighted by atomic mass is 9.74. The van der Waals surface area contributed by atoms with E-state index < -0.39 is 7.12 Å². The quantitative estimate of drug-likeness (QED) is 0.478. The number of hydrogen-bond acceptors (Lipinski definition) is 3. The summed E-state index contributed by atoms with van der Waals surface area (Å²) < 4.78 is 0. The summed E-state index contributed by atoms with van der Waals surface area (Å²) in [4.78, 5) is 10.8. The van der Waals surface area contributed by atoms with Gasteiger partial charge >= 0.3 is 7.12 Å². The van der Waals surface area contributed by atoms with E-state index in [4.69, 9.17) is 10.0 Å². The first kappa shape index (κ1) is 7.24. The van der Waals surface area contributed by atoms with Gasteiger partial charge in [-0.25, -0.2) is 0 Å². The predicted octanol–water partition coefficient (Wildman–Crippen LogP) is -0.546. The van der Waals surface area contributed by atoms with Crippen LogP contribution in [0.2, 0.25) is 0 Å². The third-order valence-electron chi connectivity index (χ3n) is 1.32. The summed E-state index contributed by atoms with van der Waals surface area (Å²) in [6.07, 6.45) is 4.99. The molecule has 2 N–H and O–H groups in total. The van der Waals surface area contributed by atoms with Crippen LogP contribution >= 0.6 is 0 Å². The molecule has 0 amide bonds. The summed E-state index contributed by atoms with van der Waals surface area (Å²) in [7, 11) is -1.63. The lowest BCUT2D eigenvalue weighted by Gasteiger charge is -2.04. The van der Waals surface area contributed by atoms with Gasteiger partial charge in [-0.1, -0.05) is 18.2 Å². The van der Waals surface area contributed by atoms with Gasteiger partial charge in [0.25, 0.3) is 0 Å². The van der Waals surface area contributed by atoms with Crippen LogP contribution in [0.4, 0.5) is 0 Å². The van der Waals surface area contributed by atoms with E-state index in [1.165, 1.54) is 6.08 Å². The van der Waals surface area contributed by atoms with Crippen LogP contribution in [0, 0.1) is 0 Å². The molecule has 52 valence electrons. The van der Waals surface area contributed by atoms with Crippen molar-refractivity contribution in [3.05, 3.63) is 23.7 Å². The zero-order valence-electron chi connectivity index (χ0n) is 5.32. The second-order valence-electron chi connectivity index (χ2n) is 2.05. The van der Waals surface area contributed by atoms with Crippen LogP contribution in [-0.4, -0.2) is 22.9 Å². The van der Waals surface area contributed by atoms with Gasteiger partial charge in [0.15, 0.2) is 5.78 Å². The van der Waals surface area contributed by atoms with Gasteiger partial charge in [0, 0.05) is 11.9 Å². The minimum atomic E-state index is -1.63. The fraction of sp³-hybridized carbons (Fsp3) is 0.167. The van der Waals surface area contributed by atoms with Crippen molar-refractivity contribution in [1.29, 1.82) is 0 Å². The molecule has 0 aromatic carbocycles. The van der Waals surface area contributed by atoms with E-state index in [9.17, 15) is 4.79 Å². The normalized spacial score (nSPS) is 17.0. The smallest absolute Gasteiger partial charge is 0.423 e. The van der Waals surface area contributed by atoms with Crippen LogP contribution in [0.25, 0.3) is 0 Å². The molecule has 0 aromatic heterocycles. The third-order valence-corrected chi connectivity index (χ3v) is 1.32. The molecule has 0 saturated heterocycles. The van der Waals surface area contributed by atoms with Crippen molar-refractivity contribution in [2.45, 2.75) is 6.42 Å². The maximum atomic E-state index is 10.8. The number of carbonyl (C=O) groups excluding carboxylic acids is 1. The third kappa shape index (κ3) is 1.34. The van der Waals surface area contributed by atoms with Gasteiger partial charge in [0.05, 0.1) is 0 Å². The number of ketones is 1. The van der Waals surface area contributed by atoms with Gasteiger partial charge in [0.1, 0.15) is 0 Å². The van der Waals surface area contributed by atoms with Crippen LogP contribution in [0.5, 0.6) is 0 Å². The highest BCUT2D eigenvalue weighted by Crippen LogP contribution is 2.07. The molecule has 10 heavy (non-hydrogen) atoms. The van der Waals surface area contributed by atoms with Gasteiger partial charge in [-0.15, -0.1) is 0 Å². The Kier molecular flexibility index (Phi) is 2.04. The van der Waals surface area contributed by atoms with Gasteiger partial charge in [-0.2, -0.15) is 0 Å². The van der Waals surface area contributed by atoms with E-state index in [-0.39, 0.29) is 17.7 Å². The highest BCUT2D eigenvalue weighted by molar-refractivity contribution is 6.59. The molecule has 0 bridgehead atoms. The highest BCUT2D eigenvalue weighted by atomic mass is 16.4. The van der Waals surface area contributed by atoms with E-state index in [0.717, 1.165) is 0 Å². The molecule has 0 spiro atoms. The van der Waals surface area contributed by atoms with Gasteiger partial charge in [-0.3, -0.25) is 4.79 Å². The molecule has 0 radical (unpaired) electrons. The monoisotopic (exact) mass is 138 g/mol. The lowest BCUT2D eigenvalue weighted by Crippen LogP contribution is -2.23. The van der Waals surface area contributed by atoms with Crippen molar-refractivity contribution in [2.75, 3.05) is 0 Å². The molecule has 0 fully saturated rings. The Morgan fingerprint density at radius 2 is 2.20 bits per heavy atom. The van der Waals surface area contributed by atoms with Crippen LogP contribution in [0.15, 0.2) is 23.7 Å². The molecule has 0 saturated carbocycles. The van der Waals surface area contributed by atoms with E-state index in [2.05, 4.69) is 0 Å². The van der Waals surface area contributed by atoms with Crippen LogP contribution in [0.1, 0.15) is 6.42 Å². The second kappa shape index (κ2) is 2.81. The Balaban J connectivity index is 2.80. The molecule has 0 aliphatic heterocycles. The van der Waals surface area contributed by atoms with Crippen molar-refractivity contribution in [1.82, 2.24) is 0 Å². The van der Waals surface area contributed by atoms with Crippen molar-refractivity contribution in [2.24, 2.45) is 0 Å². The van der Waals surface area contributed by atoms with E-state index in [1.54, 1.807) is 12.2 Å². The number of hydrogen-bond donors (Lipinski definition) is 2. The van der Waals surface area contributed by atoms with Crippen molar-refractivity contribution in [3.8, 4) is 0 Å². The Morgan fingerprint density at radius 3 is 2.60 bits per heavy atom. The van der Waals surface area contributed by atoms with Crippen molar-refractivity contribution in [3.63, 3.8) is 0 Å². The van der Waals surface area contributed by atoms with E-state index in [1.807, 2.05) is 0 Å². The summed E-state index contributed by atoms with van der Waals surface area (Å²) in [5.41, 5.74) is 0.0718. The molecule has 0 atom stereocenters. The summed E-state index contributed by atoms with van der Waals surface area (Å²) in [5.74, 6) is -0.225. The summed E-state index contributed by atoms with van der Waals surface area (Å²) in [6, 6.07) is 0. The fourth-order valence-corrected chi connectivity index (χ4v) is 0.788. The van der Waals surface area contributed by atoms with Gasteiger partial charge in [0.2, 0.25) is 0 Å². The molecule has 1 aliphatic carbocycles. The van der Waals surface area contributed by atoms with Crippen LogP contribution in [-0.2, 0) is 4.79 Å². The standard InChI is InChI=1S/C6H7BO3/c8-6-4-2-1-3-5(6)7(9)10/h1-3,9-10H,4H2. The predicted molar refractivity (Wildman–Crippen MR) is 37.0 cm³/mol. The average molecular weight is 138 g/mol. The second-order valence-corrected chi connectivity index (χ2v) is 2.05. The Labute approximate surface area is 58.8 Å². The Morgan fingerprint density at radius 1 is 1.50 bits per heavy atom. The molecule has 1 rings (SSSR count). The Hall–Kier alpha value is -0.865. The molecule has 3 nitrogen and oxygen atoms in total. The first-order valence-corrected chi connectivity index (χ1v) is 2.98. The average Bonchev–Trinajstić information content (AvgIpc) is 1.88. The van der Waals surface area contributed by atoms with E-state index in [0.29, 0.717) is 0 Å². The van der Waals surface area contributed by atoms with E-state index >= 15 is 0 Å². The number of rotatable bonds is 1. The maximum absolute atomic E-state index is 10.8. The molecular formula is C6H7BO3. The number of Topliss-reactive ketones (excluding diaryl/α,β-unsaturated/α-hetero) is 1. The summed E-state index contributed by atoms with van der Waals surface area (Å²) in [5, 5.41) is 17.2. The fourth-order valence-electron chi connectivity index (χ4n) is 0.788. The van der Waals surface area contributed by atoms with Crippen LogP contribution < -0.4 is 0 Å². The highest BCUT2D eigenvalue weighted by Gasteiger charge is 2.21. The molecule has 4 heteroatoms. The van der Waals surface area contributed by atoms with Gasteiger partial charge in [-0.05, 0) is 0 Å². The van der Waals surface area contributed by atoms with Crippen molar-refractivity contribution < 1.29 is 14.8 Å². The minimum absolute atomic E-state index is 0.0718. The van der Waals surface area contributed by atoms with Crippen molar-refractivity contribution >= 4 is 12.9 Å². The first-order valence-electron chi connectivity index (χ1n) is 2.98. The topological polar surface area (TPSA) is 57.5 Å². The summed E-state index contributed by atoms with van der Waals surface area (Å²) in [6.45, 7) is 0. The summed E-state index contributed by atoms with van der Waals surface area (Å²) >= 11 is 0. The Bertz CT molecular complexity index is 205. The lowest BCUT2D eigenvalue weighted by molar-refractivity contribution is -0.114. The number of carbonyl (C=O) groups is 1.